The molecule has 1 amide bonds. The molecule has 1 aromatic carbocycles. The maximum Gasteiger partial charge on any atom is 0.295 e. The molecular weight excluding hydrogens is 509 g/mol. The van der Waals surface area contributed by atoms with E-state index in [4.69, 9.17) is 16.3 Å². The zero-order valence-corrected chi connectivity index (χ0v) is 20.8. The van der Waals surface area contributed by atoms with Gasteiger partial charge in [-0.15, -0.1) is 11.3 Å². The van der Waals surface area contributed by atoms with E-state index < -0.39 is 32.9 Å². The summed E-state index contributed by atoms with van der Waals surface area (Å²) in [4.78, 5) is 28.0. The van der Waals surface area contributed by atoms with Crippen LogP contribution in [0, 0.1) is 5.82 Å². The molecule has 0 bridgehead atoms. The number of aromatic nitrogens is 1. The first kappa shape index (κ1) is 26.1. The molecular formula is C20H25ClFN5O5S2. The smallest absolute Gasteiger partial charge is 0.295 e. The Labute approximate surface area is 205 Å². The van der Waals surface area contributed by atoms with Gasteiger partial charge in [-0.25, -0.2) is 17.8 Å². The Morgan fingerprint density at radius 1 is 1.38 bits per heavy atom. The Hall–Kier alpha value is -2.48. The minimum absolute atomic E-state index is 0.0138. The molecule has 2 aromatic rings. The fraction of sp³-hybridized carbons (Fsp3) is 0.450. The quantitative estimate of drug-likeness (QED) is 0.314. The lowest BCUT2D eigenvalue weighted by molar-refractivity contribution is -0.158. The third-order valence-electron chi connectivity index (χ3n) is 5.58. The monoisotopic (exact) mass is 533 g/mol. The van der Waals surface area contributed by atoms with Crippen molar-refractivity contribution in [1.82, 2.24) is 15.2 Å². The van der Waals surface area contributed by atoms with E-state index in [0.717, 1.165) is 36.3 Å². The van der Waals surface area contributed by atoms with Gasteiger partial charge in [-0.2, -0.15) is 0 Å². The van der Waals surface area contributed by atoms with Crippen LogP contribution < -0.4 is 15.4 Å². The van der Waals surface area contributed by atoms with Crippen molar-refractivity contribution in [1.29, 1.82) is 0 Å². The molecule has 34 heavy (non-hydrogen) atoms. The molecule has 3 N–H and O–H groups in total. The van der Waals surface area contributed by atoms with Gasteiger partial charge in [-0.05, 0) is 32.0 Å². The number of thiazole rings is 1. The van der Waals surface area contributed by atoms with Crippen molar-refractivity contribution >= 4 is 56.2 Å². The molecule has 10 nitrogen and oxygen atoms in total. The third-order valence-corrected chi connectivity index (χ3v) is 8.07. The first-order valence-corrected chi connectivity index (χ1v) is 13.1. The highest BCUT2D eigenvalue weighted by molar-refractivity contribution is 7.93. The Morgan fingerprint density at radius 2 is 2.12 bits per heavy atom. The second-order valence-electron chi connectivity index (χ2n) is 7.67. The lowest BCUT2D eigenvalue weighted by Gasteiger charge is -2.41. The molecule has 1 fully saturated rings. The van der Waals surface area contributed by atoms with Gasteiger partial charge in [-0.1, -0.05) is 24.4 Å². The number of halogens is 2. The fourth-order valence-electron chi connectivity index (χ4n) is 3.95. The summed E-state index contributed by atoms with van der Waals surface area (Å²) in [5.74, 6) is -1.46. The predicted molar refractivity (Wildman–Crippen MR) is 127 cm³/mol. The number of rotatable bonds is 10. The molecule has 1 aromatic heterocycles. The number of amides is 1. The van der Waals surface area contributed by atoms with Crippen molar-refractivity contribution < 1.29 is 27.1 Å². The van der Waals surface area contributed by atoms with E-state index in [1.807, 2.05) is 0 Å². The molecule has 3 atom stereocenters. The van der Waals surface area contributed by atoms with Crippen molar-refractivity contribution in [2.75, 3.05) is 24.1 Å². The molecule has 1 aliphatic rings. The highest BCUT2D eigenvalue weighted by Crippen LogP contribution is 2.33. The van der Waals surface area contributed by atoms with Gasteiger partial charge in [0.05, 0.1) is 10.7 Å². The minimum atomic E-state index is -4.23. The molecule has 14 heteroatoms. The molecule has 1 aliphatic carbocycles. The topological polar surface area (TPSA) is 130 Å². The van der Waals surface area contributed by atoms with E-state index in [1.165, 1.54) is 13.2 Å². The van der Waals surface area contributed by atoms with Crippen molar-refractivity contribution in [3.05, 3.63) is 34.5 Å². The largest absolute Gasteiger partial charge is 0.439 e. The maximum absolute atomic E-state index is 14.9. The normalized spacial score (nSPS) is 19.3. The van der Waals surface area contributed by atoms with Crippen molar-refractivity contribution in [2.45, 2.75) is 48.9 Å². The Kier molecular flexibility index (Phi) is 8.68. The fourth-order valence-corrected chi connectivity index (χ4v) is 6.11. The average molecular weight is 534 g/mol. The number of sulfonamides is 1. The Morgan fingerprint density at radius 3 is 2.76 bits per heavy atom. The second-order valence-corrected chi connectivity index (χ2v) is 10.6. The van der Waals surface area contributed by atoms with Gasteiger partial charge in [0.25, 0.3) is 22.4 Å². The standard InChI is InChI=1S/C20H25ClFN5O5S2/c1-23-18(29)19(32-11-28)27(2)16-6-4-3-5-14(16)25-15-10-13(22)17(9-12(15)21)34(30,31)26-20-24-7-8-33-20/h7-11,14,16,19,25H,3-6H2,1-2H3,(H,23,29)(H,24,26)/t14-,16-,19?/m0/s1. The lowest BCUT2D eigenvalue weighted by atomic mass is 9.89. The number of ether oxygens (including phenoxy) is 1. The number of hydrogen-bond acceptors (Lipinski definition) is 9. The van der Waals surface area contributed by atoms with E-state index in [-0.39, 0.29) is 34.4 Å². The van der Waals surface area contributed by atoms with Gasteiger partial charge in [0.1, 0.15) is 10.7 Å². The van der Waals surface area contributed by atoms with E-state index in [0.29, 0.717) is 12.8 Å². The van der Waals surface area contributed by atoms with Crippen LogP contribution in [0.2, 0.25) is 5.02 Å². The molecule has 0 radical (unpaired) electrons. The first-order valence-electron chi connectivity index (χ1n) is 10.4. The van der Waals surface area contributed by atoms with Gasteiger partial charge in [0, 0.05) is 30.7 Å². The summed E-state index contributed by atoms with van der Waals surface area (Å²) in [5, 5.41) is 7.35. The maximum atomic E-state index is 14.9. The summed E-state index contributed by atoms with van der Waals surface area (Å²) in [6, 6.07) is 1.56. The minimum Gasteiger partial charge on any atom is -0.439 e. The summed E-state index contributed by atoms with van der Waals surface area (Å²) in [6.07, 6.45) is 3.42. The first-order chi connectivity index (χ1) is 16.2. The Balaban J connectivity index is 1.83. The van der Waals surface area contributed by atoms with Crippen LogP contribution in [0.1, 0.15) is 25.7 Å². The highest BCUT2D eigenvalue weighted by atomic mass is 35.5. The van der Waals surface area contributed by atoms with E-state index in [2.05, 4.69) is 20.3 Å². The van der Waals surface area contributed by atoms with Crippen LogP contribution in [0.3, 0.4) is 0 Å². The molecule has 186 valence electrons. The molecule has 1 heterocycles. The van der Waals surface area contributed by atoms with Crippen molar-refractivity contribution in [3.63, 3.8) is 0 Å². The van der Waals surface area contributed by atoms with Gasteiger partial charge in [0.2, 0.25) is 6.23 Å². The molecule has 0 saturated heterocycles. The summed E-state index contributed by atoms with van der Waals surface area (Å²) in [5.41, 5.74) is 0.213. The molecule has 3 rings (SSSR count). The van der Waals surface area contributed by atoms with Gasteiger partial charge in [-0.3, -0.25) is 19.2 Å². The summed E-state index contributed by atoms with van der Waals surface area (Å²) in [6.45, 7) is 0.215. The number of carbonyl (C=O) groups is 2. The van der Waals surface area contributed by atoms with Gasteiger partial charge in [0.15, 0.2) is 5.13 Å². The molecule has 1 unspecified atom stereocenters. The summed E-state index contributed by atoms with van der Waals surface area (Å²) in [7, 11) is -1.13. The summed E-state index contributed by atoms with van der Waals surface area (Å²) < 4.78 is 47.3. The van der Waals surface area contributed by atoms with E-state index in [9.17, 15) is 22.4 Å². The van der Waals surface area contributed by atoms with Crippen LogP contribution in [0.4, 0.5) is 15.2 Å². The lowest BCUT2D eigenvalue weighted by Crippen LogP contribution is -2.55. The molecule has 0 spiro atoms. The van der Waals surface area contributed by atoms with Crippen LogP contribution in [-0.2, 0) is 24.3 Å². The van der Waals surface area contributed by atoms with Crippen LogP contribution in [0.25, 0.3) is 0 Å². The molecule has 0 aliphatic heterocycles. The second kappa shape index (κ2) is 11.3. The van der Waals surface area contributed by atoms with Crippen LogP contribution in [0.15, 0.2) is 28.6 Å². The number of carbonyl (C=O) groups excluding carboxylic acids is 2. The third kappa shape index (κ3) is 5.95. The van der Waals surface area contributed by atoms with Crippen LogP contribution in [0.5, 0.6) is 0 Å². The molecule has 1 saturated carbocycles. The zero-order valence-electron chi connectivity index (χ0n) is 18.5. The number of nitrogens with one attached hydrogen (secondary N) is 3. The number of likely N-dealkylation sites (N-methyl/N-ethyl adjacent to an activating group) is 2. The van der Waals surface area contributed by atoms with Gasteiger partial charge >= 0.3 is 0 Å². The Bertz CT molecular complexity index is 1120. The van der Waals surface area contributed by atoms with Crippen molar-refractivity contribution in [3.8, 4) is 0 Å². The predicted octanol–water partition coefficient (Wildman–Crippen LogP) is 2.64. The highest BCUT2D eigenvalue weighted by Gasteiger charge is 2.36. The van der Waals surface area contributed by atoms with Crippen LogP contribution >= 0.6 is 22.9 Å². The zero-order chi connectivity index (χ0) is 24.9. The SMILES string of the molecule is CNC(=O)C(OC=O)N(C)[C@H]1CCCC[C@@H]1Nc1cc(F)c(S(=O)(=O)Nc2nccs2)cc1Cl. The van der Waals surface area contributed by atoms with E-state index >= 15 is 0 Å². The number of benzene rings is 1. The van der Waals surface area contributed by atoms with Gasteiger partial charge < -0.3 is 15.4 Å². The van der Waals surface area contributed by atoms with E-state index in [1.54, 1.807) is 17.3 Å². The average Bonchev–Trinajstić information content (AvgIpc) is 3.31. The number of hydrogen-bond donors (Lipinski definition) is 3. The van der Waals surface area contributed by atoms with Crippen molar-refractivity contribution in [2.24, 2.45) is 0 Å². The summed E-state index contributed by atoms with van der Waals surface area (Å²) >= 11 is 7.40. The number of anilines is 2. The van der Waals surface area contributed by atoms with Crippen LogP contribution in [-0.4, -0.2) is 63.1 Å². The number of nitrogens with zero attached hydrogens (tertiary/aromatic N) is 2.